The summed E-state index contributed by atoms with van der Waals surface area (Å²) in [5.41, 5.74) is 3.69. The summed E-state index contributed by atoms with van der Waals surface area (Å²) in [6, 6.07) is 14.8. The highest BCUT2D eigenvalue weighted by Crippen LogP contribution is 2.39. The van der Waals surface area contributed by atoms with Crippen LogP contribution in [0.25, 0.3) is 0 Å². The molecule has 1 saturated heterocycles. The van der Waals surface area contributed by atoms with Crippen LogP contribution in [0.15, 0.2) is 59.6 Å². The maximum Gasteiger partial charge on any atom is 0.257 e. The van der Waals surface area contributed by atoms with Crippen molar-refractivity contribution in [2.24, 2.45) is 4.99 Å². The Balaban J connectivity index is 1.47. The Hall–Kier alpha value is -3.74. The number of aliphatic imine (C=N–C) groups is 1. The van der Waals surface area contributed by atoms with E-state index in [-0.39, 0.29) is 11.6 Å². The number of nitrogens with zero attached hydrogens (tertiary/aromatic N) is 3. The lowest BCUT2D eigenvalue weighted by molar-refractivity contribution is 0.0576. The second-order valence-electron chi connectivity index (χ2n) is 8.93. The van der Waals surface area contributed by atoms with E-state index in [1.165, 1.54) is 6.07 Å². The van der Waals surface area contributed by atoms with E-state index in [4.69, 9.17) is 9.73 Å². The molecule has 1 fully saturated rings. The Kier molecular flexibility index (Phi) is 5.55. The zero-order chi connectivity index (χ0) is 24.0. The van der Waals surface area contributed by atoms with Crippen molar-refractivity contribution < 1.29 is 18.3 Å². The number of hydrogen-bond acceptors (Lipinski definition) is 4. The van der Waals surface area contributed by atoms with Crippen molar-refractivity contribution in [2.45, 2.75) is 26.8 Å². The van der Waals surface area contributed by atoms with Crippen LogP contribution >= 0.6 is 0 Å². The molecule has 2 aliphatic heterocycles. The molecular formula is C27H25F2N3O2. The normalized spacial score (nSPS) is 17.3. The monoisotopic (exact) mass is 461 g/mol. The van der Waals surface area contributed by atoms with E-state index < -0.39 is 17.5 Å². The third-order valence-corrected chi connectivity index (χ3v) is 6.29. The topological polar surface area (TPSA) is 45.1 Å². The maximum absolute atomic E-state index is 14.2. The summed E-state index contributed by atoms with van der Waals surface area (Å²) in [5, 5.41) is 0. The average molecular weight is 462 g/mol. The Labute approximate surface area is 197 Å². The molecule has 1 amide bonds. The van der Waals surface area contributed by atoms with Crippen molar-refractivity contribution in [3.05, 3.63) is 88.5 Å². The van der Waals surface area contributed by atoms with Gasteiger partial charge in [-0.2, -0.15) is 0 Å². The van der Waals surface area contributed by atoms with Crippen LogP contribution in [0.2, 0.25) is 0 Å². The first kappa shape index (κ1) is 22.1. The Morgan fingerprint density at radius 1 is 0.971 bits per heavy atom. The summed E-state index contributed by atoms with van der Waals surface area (Å²) >= 11 is 0. The number of hydrogen-bond donors (Lipinski definition) is 0. The number of aryl methyl sites for hydroxylation is 2. The highest BCUT2D eigenvalue weighted by molar-refractivity contribution is 6.04. The molecule has 0 bridgehead atoms. The molecule has 0 radical (unpaired) electrons. The van der Waals surface area contributed by atoms with Crippen LogP contribution in [0.4, 0.5) is 14.5 Å². The minimum absolute atomic E-state index is 0.118. The Morgan fingerprint density at radius 2 is 1.74 bits per heavy atom. The van der Waals surface area contributed by atoms with E-state index in [1.54, 1.807) is 4.90 Å². The zero-order valence-electron chi connectivity index (χ0n) is 19.3. The number of piperazine rings is 1. The van der Waals surface area contributed by atoms with Gasteiger partial charge >= 0.3 is 0 Å². The fraction of sp³-hybridized carbons (Fsp3) is 0.259. The van der Waals surface area contributed by atoms with Gasteiger partial charge in [0, 0.05) is 31.7 Å². The molecule has 0 aromatic heterocycles. The predicted molar refractivity (Wildman–Crippen MR) is 127 cm³/mol. The molecule has 1 unspecified atom stereocenters. The number of carbonyl (C=O) groups excluding carboxylic acids is 1. The van der Waals surface area contributed by atoms with Gasteiger partial charge in [-0.3, -0.25) is 4.79 Å². The minimum Gasteiger partial charge on any atom is -0.454 e. The van der Waals surface area contributed by atoms with Crippen molar-refractivity contribution in [1.82, 2.24) is 9.80 Å². The second-order valence-corrected chi connectivity index (χ2v) is 8.93. The summed E-state index contributed by atoms with van der Waals surface area (Å²) in [7, 11) is 0. The van der Waals surface area contributed by atoms with Gasteiger partial charge in [-0.05, 0) is 62.7 Å². The molecule has 0 saturated carbocycles. The van der Waals surface area contributed by atoms with Gasteiger partial charge in [-0.1, -0.05) is 17.7 Å². The van der Waals surface area contributed by atoms with Gasteiger partial charge in [-0.25, -0.2) is 13.8 Å². The van der Waals surface area contributed by atoms with E-state index in [0.717, 1.165) is 46.1 Å². The van der Waals surface area contributed by atoms with Gasteiger partial charge < -0.3 is 14.5 Å². The smallest absolute Gasteiger partial charge is 0.257 e. The van der Waals surface area contributed by atoms with Gasteiger partial charge in [-0.15, -0.1) is 0 Å². The SMILES string of the molecule is Cc1ccc2c(c1)Oc1ccc(C)cc1C(N1CCN(C(=O)c3ccc(F)cc3F)C(C)C1)=N2. The summed E-state index contributed by atoms with van der Waals surface area (Å²) in [6.45, 7) is 7.38. The largest absolute Gasteiger partial charge is 0.454 e. The maximum atomic E-state index is 14.2. The summed E-state index contributed by atoms with van der Waals surface area (Å²) < 4.78 is 33.8. The lowest BCUT2D eigenvalue weighted by Gasteiger charge is -2.41. The molecule has 1 atom stereocenters. The number of benzene rings is 3. The minimum atomic E-state index is -0.846. The quantitative estimate of drug-likeness (QED) is 0.473. The molecule has 5 nitrogen and oxygen atoms in total. The number of amides is 1. The Morgan fingerprint density at radius 3 is 2.50 bits per heavy atom. The fourth-order valence-corrected chi connectivity index (χ4v) is 4.51. The molecule has 0 N–H and O–H groups in total. The molecule has 2 aliphatic rings. The lowest BCUT2D eigenvalue weighted by atomic mass is 10.1. The molecule has 174 valence electrons. The number of halogens is 2. The average Bonchev–Trinajstić information content (AvgIpc) is 2.94. The van der Waals surface area contributed by atoms with Crippen LogP contribution in [-0.2, 0) is 0 Å². The molecule has 0 aliphatic carbocycles. The highest BCUT2D eigenvalue weighted by Gasteiger charge is 2.33. The van der Waals surface area contributed by atoms with Crippen molar-refractivity contribution >= 4 is 17.4 Å². The van der Waals surface area contributed by atoms with E-state index in [0.29, 0.717) is 25.4 Å². The van der Waals surface area contributed by atoms with Crippen LogP contribution in [0, 0.1) is 25.5 Å². The molecule has 34 heavy (non-hydrogen) atoms. The number of ether oxygens (including phenoxy) is 1. The number of rotatable bonds is 1. The van der Waals surface area contributed by atoms with Crippen molar-refractivity contribution in [3.8, 4) is 11.5 Å². The first-order valence-electron chi connectivity index (χ1n) is 11.3. The number of amidine groups is 1. The van der Waals surface area contributed by atoms with Crippen LogP contribution in [0.3, 0.4) is 0 Å². The first-order valence-corrected chi connectivity index (χ1v) is 11.3. The lowest BCUT2D eigenvalue weighted by Crippen LogP contribution is -2.55. The van der Waals surface area contributed by atoms with Crippen LogP contribution < -0.4 is 4.74 Å². The van der Waals surface area contributed by atoms with Gasteiger partial charge in [0.2, 0.25) is 0 Å². The van der Waals surface area contributed by atoms with Crippen LogP contribution in [0.5, 0.6) is 11.5 Å². The molecule has 3 aromatic rings. The standard InChI is InChI=1S/C27H25F2N3O2/c1-16-5-9-24-21(12-16)26(30-23-8-4-17(2)13-25(23)34-24)31-10-11-32(18(3)15-31)27(33)20-7-6-19(28)14-22(20)29/h4-9,12-14,18H,10-11,15H2,1-3H3. The van der Waals surface area contributed by atoms with Crippen molar-refractivity contribution in [1.29, 1.82) is 0 Å². The van der Waals surface area contributed by atoms with Gasteiger partial charge in [0.1, 0.15) is 28.9 Å². The predicted octanol–water partition coefficient (Wildman–Crippen LogP) is 5.61. The molecule has 2 heterocycles. The number of fused-ring (bicyclic) bond motifs is 2. The molecular weight excluding hydrogens is 436 g/mol. The van der Waals surface area contributed by atoms with Crippen LogP contribution in [-0.4, -0.2) is 47.2 Å². The van der Waals surface area contributed by atoms with E-state index in [1.807, 2.05) is 51.1 Å². The van der Waals surface area contributed by atoms with Gasteiger partial charge in [0.15, 0.2) is 5.75 Å². The number of carbonyl (C=O) groups is 1. The van der Waals surface area contributed by atoms with E-state index >= 15 is 0 Å². The Bertz CT molecular complexity index is 1320. The summed E-state index contributed by atoms with van der Waals surface area (Å²) in [6.07, 6.45) is 0. The van der Waals surface area contributed by atoms with E-state index in [9.17, 15) is 13.6 Å². The summed E-state index contributed by atoms with van der Waals surface area (Å²) in [4.78, 5) is 21.8. The molecule has 7 heteroatoms. The van der Waals surface area contributed by atoms with Crippen molar-refractivity contribution in [3.63, 3.8) is 0 Å². The third kappa shape index (κ3) is 4.02. The highest BCUT2D eigenvalue weighted by atomic mass is 19.1. The third-order valence-electron chi connectivity index (χ3n) is 6.29. The van der Waals surface area contributed by atoms with Crippen LogP contribution in [0.1, 0.15) is 34.0 Å². The zero-order valence-corrected chi connectivity index (χ0v) is 19.3. The first-order chi connectivity index (χ1) is 16.3. The van der Waals surface area contributed by atoms with Gasteiger partial charge in [0.25, 0.3) is 5.91 Å². The van der Waals surface area contributed by atoms with Crippen molar-refractivity contribution in [2.75, 3.05) is 19.6 Å². The fourth-order valence-electron chi connectivity index (χ4n) is 4.51. The molecule has 3 aromatic carbocycles. The van der Waals surface area contributed by atoms with Gasteiger partial charge in [0.05, 0.1) is 11.1 Å². The molecule has 5 rings (SSSR count). The van der Waals surface area contributed by atoms with E-state index in [2.05, 4.69) is 11.0 Å². The summed E-state index contributed by atoms with van der Waals surface area (Å²) in [5.74, 6) is 0.231. The second kappa shape index (κ2) is 8.56. The molecule has 0 spiro atoms.